The summed E-state index contributed by atoms with van der Waals surface area (Å²) in [5.74, 6) is 0.108. The molecule has 4 rings (SSSR count). The first kappa shape index (κ1) is 17.3. The van der Waals surface area contributed by atoms with E-state index in [0.717, 1.165) is 50.2 Å². The van der Waals surface area contributed by atoms with Crippen molar-refractivity contribution in [2.75, 3.05) is 31.1 Å². The largest absolute Gasteiger partial charge is 0.345 e. The molecule has 1 aromatic heterocycles. The second-order valence-corrected chi connectivity index (χ2v) is 8.08. The number of carbonyl (C=O) groups is 1. The number of halogens is 1. The fourth-order valence-corrected chi connectivity index (χ4v) is 4.43. The number of carbonyl (C=O) groups excluding carboxylic acids is 1. The van der Waals surface area contributed by atoms with Crippen molar-refractivity contribution in [1.82, 2.24) is 9.88 Å². The molecule has 4 nitrogen and oxygen atoms in total. The number of benzene rings is 2. The van der Waals surface area contributed by atoms with Gasteiger partial charge in [0.15, 0.2) is 5.13 Å². The molecule has 0 radical (unpaired) electrons. The summed E-state index contributed by atoms with van der Waals surface area (Å²) >= 11 is 7.90. The first-order chi connectivity index (χ1) is 12.5. The third-order valence-electron chi connectivity index (χ3n) is 4.87. The first-order valence-corrected chi connectivity index (χ1v) is 9.89. The highest BCUT2D eigenvalue weighted by molar-refractivity contribution is 7.22. The number of aromatic nitrogens is 1. The summed E-state index contributed by atoms with van der Waals surface area (Å²) < 4.78 is 1.15. The van der Waals surface area contributed by atoms with E-state index in [1.165, 1.54) is 0 Å². The average molecular weight is 386 g/mol. The molecule has 0 aliphatic carbocycles. The van der Waals surface area contributed by atoms with Gasteiger partial charge >= 0.3 is 0 Å². The van der Waals surface area contributed by atoms with E-state index < -0.39 is 0 Å². The monoisotopic (exact) mass is 385 g/mol. The fraction of sp³-hybridized carbons (Fsp3) is 0.300. The Morgan fingerprint density at radius 1 is 1.04 bits per heavy atom. The van der Waals surface area contributed by atoms with Crippen LogP contribution in [-0.4, -0.2) is 42.0 Å². The summed E-state index contributed by atoms with van der Waals surface area (Å²) in [4.78, 5) is 21.6. The molecular formula is C20H20ClN3OS. The highest BCUT2D eigenvalue weighted by Crippen LogP contribution is 2.33. The summed E-state index contributed by atoms with van der Waals surface area (Å²) in [6.45, 7) is 7.05. The number of aryl methyl sites for hydroxylation is 2. The Bertz CT molecular complexity index is 959. The van der Waals surface area contributed by atoms with Crippen molar-refractivity contribution in [1.29, 1.82) is 0 Å². The van der Waals surface area contributed by atoms with Crippen molar-refractivity contribution in [2.24, 2.45) is 0 Å². The Balaban J connectivity index is 1.47. The van der Waals surface area contributed by atoms with E-state index >= 15 is 0 Å². The molecule has 134 valence electrons. The quantitative estimate of drug-likeness (QED) is 0.650. The molecule has 0 spiro atoms. The van der Waals surface area contributed by atoms with Gasteiger partial charge in [-0.1, -0.05) is 40.6 Å². The lowest BCUT2D eigenvalue weighted by atomic mass is 10.1. The number of piperazine rings is 1. The van der Waals surface area contributed by atoms with Crippen LogP contribution in [-0.2, 0) is 0 Å². The molecule has 0 bridgehead atoms. The normalized spacial score (nSPS) is 14.9. The average Bonchev–Trinajstić information content (AvgIpc) is 3.10. The fourth-order valence-electron chi connectivity index (χ4n) is 3.20. The van der Waals surface area contributed by atoms with Crippen LogP contribution >= 0.6 is 22.9 Å². The molecule has 1 aliphatic rings. The van der Waals surface area contributed by atoms with Crippen molar-refractivity contribution in [3.05, 3.63) is 58.1 Å². The number of hydrogen-bond donors (Lipinski definition) is 0. The predicted molar refractivity (Wildman–Crippen MR) is 109 cm³/mol. The van der Waals surface area contributed by atoms with E-state index in [0.29, 0.717) is 13.1 Å². The van der Waals surface area contributed by atoms with Crippen LogP contribution < -0.4 is 4.90 Å². The van der Waals surface area contributed by atoms with Gasteiger partial charge in [0.2, 0.25) is 0 Å². The minimum atomic E-state index is 0.108. The molecule has 0 atom stereocenters. The van der Waals surface area contributed by atoms with E-state index in [1.54, 1.807) is 11.3 Å². The maximum absolute atomic E-state index is 12.7. The summed E-state index contributed by atoms with van der Waals surface area (Å²) in [5, 5.41) is 1.76. The van der Waals surface area contributed by atoms with Crippen molar-refractivity contribution < 1.29 is 4.79 Å². The molecule has 0 N–H and O–H groups in total. The lowest BCUT2D eigenvalue weighted by molar-refractivity contribution is 0.0747. The lowest BCUT2D eigenvalue weighted by Crippen LogP contribution is -2.48. The molecule has 3 aromatic rings. The Morgan fingerprint density at radius 3 is 2.42 bits per heavy atom. The van der Waals surface area contributed by atoms with E-state index in [-0.39, 0.29) is 5.91 Å². The molecule has 0 saturated carbocycles. The van der Waals surface area contributed by atoms with E-state index in [2.05, 4.69) is 4.90 Å². The molecule has 1 saturated heterocycles. The van der Waals surface area contributed by atoms with Crippen LogP contribution in [0.3, 0.4) is 0 Å². The predicted octanol–water partition coefficient (Wildman–Crippen LogP) is 4.53. The van der Waals surface area contributed by atoms with E-state index in [4.69, 9.17) is 16.6 Å². The van der Waals surface area contributed by atoms with Crippen LogP contribution in [0.25, 0.3) is 10.2 Å². The maximum Gasteiger partial charge on any atom is 0.253 e. The second-order valence-electron chi connectivity index (χ2n) is 6.66. The Morgan fingerprint density at radius 2 is 1.73 bits per heavy atom. The van der Waals surface area contributed by atoms with Crippen molar-refractivity contribution in [3.8, 4) is 0 Å². The number of hydrogen-bond acceptors (Lipinski definition) is 4. The lowest BCUT2D eigenvalue weighted by Gasteiger charge is -2.34. The number of amides is 1. The number of nitrogens with zero attached hydrogens (tertiary/aromatic N) is 3. The minimum absolute atomic E-state index is 0.108. The van der Waals surface area contributed by atoms with Gasteiger partial charge in [-0.3, -0.25) is 4.79 Å². The molecule has 2 heterocycles. The Kier molecular flexibility index (Phi) is 4.59. The summed E-state index contributed by atoms with van der Waals surface area (Å²) in [7, 11) is 0. The van der Waals surface area contributed by atoms with Crippen LogP contribution in [0.2, 0.25) is 5.02 Å². The Labute approximate surface area is 162 Å². The summed E-state index contributed by atoms with van der Waals surface area (Å²) in [6, 6.07) is 11.7. The van der Waals surface area contributed by atoms with Crippen molar-refractivity contribution in [3.63, 3.8) is 0 Å². The number of thiazole rings is 1. The highest BCUT2D eigenvalue weighted by Gasteiger charge is 2.24. The molecule has 0 unspecified atom stereocenters. The van der Waals surface area contributed by atoms with Gasteiger partial charge in [-0.25, -0.2) is 4.98 Å². The maximum atomic E-state index is 12.7. The van der Waals surface area contributed by atoms with Gasteiger partial charge in [0.1, 0.15) is 0 Å². The second kappa shape index (κ2) is 6.89. The SMILES string of the molecule is Cc1ccc(C(=O)N2CCN(c3nc4c(C)c(Cl)ccc4s3)CC2)cc1. The molecule has 2 aromatic carbocycles. The topological polar surface area (TPSA) is 36.4 Å². The van der Waals surface area contributed by atoms with Gasteiger partial charge in [0, 0.05) is 36.8 Å². The number of fused-ring (bicyclic) bond motifs is 1. The zero-order chi connectivity index (χ0) is 18.3. The zero-order valence-electron chi connectivity index (χ0n) is 14.8. The van der Waals surface area contributed by atoms with Crippen molar-refractivity contribution >= 4 is 44.2 Å². The summed E-state index contributed by atoms with van der Waals surface area (Å²) in [6.07, 6.45) is 0. The van der Waals surface area contributed by atoms with Crippen LogP contribution in [0, 0.1) is 13.8 Å². The van der Waals surface area contributed by atoms with Crippen LogP contribution in [0.15, 0.2) is 36.4 Å². The van der Waals surface area contributed by atoms with Gasteiger partial charge in [0.25, 0.3) is 5.91 Å². The van der Waals surface area contributed by atoms with Crippen molar-refractivity contribution in [2.45, 2.75) is 13.8 Å². The molecule has 1 aliphatic heterocycles. The van der Waals surface area contributed by atoms with Crippen LogP contribution in [0.4, 0.5) is 5.13 Å². The number of rotatable bonds is 2. The smallest absolute Gasteiger partial charge is 0.253 e. The van der Waals surface area contributed by atoms with Gasteiger partial charge in [-0.15, -0.1) is 0 Å². The third kappa shape index (κ3) is 3.17. The zero-order valence-corrected chi connectivity index (χ0v) is 16.4. The molecule has 26 heavy (non-hydrogen) atoms. The molecule has 1 fully saturated rings. The molecule has 1 amide bonds. The van der Waals surface area contributed by atoms with E-state index in [1.807, 2.05) is 55.1 Å². The minimum Gasteiger partial charge on any atom is -0.345 e. The van der Waals surface area contributed by atoms with Crippen LogP contribution in [0.1, 0.15) is 21.5 Å². The van der Waals surface area contributed by atoms with Gasteiger partial charge in [0.05, 0.1) is 10.2 Å². The standard InChI is InChI=1S/C20H20ClN3OS/c1-13-3-5-15(6-4-13)19(25)23-9-11-24(12-10-23)20-22-18-14(2)16(21)7-8-17(18)26-20/h3-8H,9-12H2,1-2H3. The molecular weight excluding hydrogens is 366 g/mol. The third-order valence-corrected chi connectivity index (χ3v) is 6.36. The first-order valence-electron chi connectivity index (χ1n) is 8.69. The van der Waals surface area contributed by atoms with Gasteiger partial charge in [-0.2, -0.15) is 0 Å². The highest BCUT2D eigenvalue weighted by atomic mass is 35.5. The summed E-state index contributed by atoms with van der Waals surface area (Å²) in [5.41, 5.74) is 3.93. The van der Waals surface area contributed by atoms with Crippen LogP contribution in [0.5, 0.6) is 0 Å². The Hall–Kier alpha value is -2.11. The number of anilines is 1. The van der Waals surface area contributed by atoms with E-state index in [9.17, 15) is 4.79 Å². The van der Waals surface area contributed by atoms with Gasteiger partial charge in [-0.05, 0) is 43.7 Å². The van der Waals surface area contributed by atoms with Gasteiger partial charge < -0.3 is 9.80 Å². The molecule has 6 heteroatoms.